The number of benzene rings is 2. The summed E-state index contributed by atoms with van der Waals surface area (Å²) < 4.78 is 13.6. The molecule has 6 nitrogen and oxygen atoms in total. The van der Waals surface area contributed by atoms with Gasteiger partial charge in [0.25, 0.3) is 0 Å². The van der Waals surface area contributed by atoms with Gasteiger partial charge in [0, 0.05) is 31.9 Å². The molecule has 1 heterocycles. The summed E-state index contributed by atoms with van der Waals surface area (Å²) in [6.07, 6.45) is 0. The van der Waals surface area contributed by atoms with Crippen molar-refractivity contribution < 1.29 is 14.0 Å². The van der Waals surface area contributed by atoms with Crippen LogP contribution in [0.4, 0.5) is 15.8 Å². The van der Waals surface area contributed by atoms with Gasteiger partial charge in [-0.25, -0.2) is 4.39 Å². The molecule has 8 heteroatoms. The van der Waals surface area contributed by atoms with Gasteiger partial charge in [0.2, 0.25) is 11.8 Å². The fourth-order valence-corrected chi connectivity index (χ4v) is 3.32. The van der Waals surface area contributed by atoms with Crippen molar-refractivity contribution in [3.8, 4) is 0 Å². The minimum atomic E-state index is -0.341. The van der Waals surface area contributed by atoms with Crippen molar-refractivity contribution in [1.29, 1.82) is 0 Å². The number of rotatable bonds is 6. The SMILES string of the molecule is Cc1ccc(NC(=O)CN2CCN(CC(=O)Nc3ccccc3Cl)CC2)cc1F. The maximum absolute atomic E-state index is 13.6. The van der Waals surface area contributed by atoms with E-state index in [1.807, 2.05) is 21.9 Å². The van der Waals surface area contributed by atoms with E-state index in [9.17, 15) is 14.0 Å². The fourth-order valence-electron chi connectivity index (χ4n) is 3.14. The molecule has 2 N–H and O–H groups in total. The maximum Gasteiger partial charge on any atom is 0.238 e. The average molecular weight is 419 g/mol. The second-order valence-corrected chi connectivity index (χ2v) is 7.50. The van der Waals surface area contributed by atoms with E-state index in [0.29, 0.717) is 48.1 Å². The van der Waals surface area contributed by atoms with Crippen LogP contribution in [0, 0.1) is 12.7 Å². The molecule has 1 fully saturated rings. The molecule has 0 atom stereocenters. The van der Waals surface area contributed by atoms with Crippen LogP contribution in [0.15, 0.2) is 42.5 Å². The number of para-hydroxylation sites is 1. The van der Waals surface area contributed by atoms with Crippen molar-refractivity contribution in [2.75, 3.05) is 49.9 Å². The Kier molecular flexibility index (Phi) is 7.19. The number of nitrogens with zero attached hydrogens (tertiary/aromatic N) is 2. The van der Waals surface area contributed by atoms with E-state index in [2.05, 4.69) is 10.6 Å². The van der Waals surface area contributed by atoms with Crippen LogP contribution >= 0.6 is 11.6 Å². The second kappa shape index (κ2) is 9.82. The molecule has 1 saturated heterocycles. The molecule has 0 bridgehead atoms. The first-order valence-corrected chi connectivity index (χ1v) is 9.83. The van der Waals surface area contributed by atoms with Crippen LogP contribution in [-0.4, -0.2) is 60.9 Å². The first-order valence-electron chi connectivity index (χ1n) is 9.46. The van der Waals surface area contributed by atoms with Crippen molar-refractivity contribution >= 4 is 34.8 Å². The predicted molar refractivity (Wildman–Crippen MR) is 113 cm³/mol. The predicted octanol–water partition coefficient (Wildman–Crippen LogP) is 2.98. The summed E-state index contributed by atoms with van der Waals surface area (Å²) in [4.78, 5) is 28.5. The highest BCUT2D eigenvalue weighted by Crippen LogP contribution is 2.20. The monoisotopic (exact) mass is 418 g/mol. The van der Waals surface area contributed by atoms with Crippen LogP contribution < -0.4 is 10.6 Å². The van der Waals surface area contributed by atoms with E-state index >= 15 is 0 Å². The molecular formula is C21H24ClFN4O2. The first-order chi connectivity index (χ1) is 13.9. The third-order valence-corrected chi connectivity index (χ3v) is 5.13. The largest absolute Gasteiger partial charge is 0.325 e. The smallest absolute Gasteiger partial charge is 0.238 e. The summed E-state index contributed by atoms with van der Waals surface area (Å²) in [5.74, 6) is -0.643. The number of aryl methyl sites for hydroxylation is 1. The van der Waals surface area contributed by atoms with E-state index in [1.54, 1.807) is 31.2 Å². The molecule has 154 valence electrons. The number of nitrogens with one attached hydrogen (secondary N) is 2. The third kappa shape index (κ3) is 6.25. The Balaban J connectivity index is 1.40. The summed E-state index contributed by atoms with van der Waals surface area (Å²) in [6, 6.07) is 11.8. The van der Waals surface area contributed by atoms with E-state index in [-0.39, 0.29) is 30.7 Å². The number of hydrogen-bond acceptors (Lipinski definition) is 4. The van der Waals surface area contributed by atoms with Gasteiger partial charge in [-0.3, -0.25) is 19.4 Å². The van der Waals surface area contributed by atoms with Crippen molar-refractivity contribution in [3.63, 3.8) is 0 Å². The lowest BCUT2D eigenvalue weighted by molar-refractivity contribution is -0.120. The van der Waals surface area contributed by atoms with Crippen molar-refractivity contribution in [2.45, 2.75) is 6.92 Å². The Labute approximate surface area is 174 Å². The summed E-state index contributed by atoms with van der Waals surface area (Å²) in [6.45, 7) is 4.90. The normalized spacial score (nSPS) is 15.1. The number of piperazine rings is 1. The third-order valence-electron chi connectivity index (χ3n) is 4.80. The van der Waals surface area contributed by atoms with Gasteiger partial charge in [-0.15, -0.1) is 0 Å². The zero-order valence-corrected chi connectivity index (χ0v) is 17.0. The fraction of sp³-hybridized carbons (Fsp3) is 0.333. The summed E-state index contributed by atoms with van der Waals surface area (Å²) in [5.41, 5.74) is 1.59. The number of carbonyl (C=O) groups excluding carboxylic acids is 2. The molecular weight excluding hydrogens is 395 g/mol. The van der Waals surface area contributed by atoms with Crippen LogP contribution in [0.3, 0.4) is 0 Å². The highest BCUT2D eigenvalue weighted by molar-refractivity contribution is 6.33. The van der Waals surface area contributed by atoms with Crippen LogP contribution in [0.2, 0.25) is 5.02 Å². The number of carbonyl (C=O) groups is 2. The molecule has 0 spiro atoms. The standard InChI is InChI=1S/C21H24ClFN4O2/c1-15-6-7-16(12-18(15)23)24-20(28)13-26-8-10-27(11-9-26)14-21(29)25-19-5-3-2-4-17(19)22/h2-7,12H,8-11,13-14H2,1H3,(H,24,28)(H,25,29). The molecule has 29 heavy (non-hydrogen) atoms. The van der Waals surface area contributed by atoms with Crippen molar-refractivity contribution in [2.24, 2.45) is 0 Å². The number of halogens is 2. The van der Waals surface area contributed by atoms with Gasteiger partial charge >= 0.3 is 0 Å². The molecule has 0 aliphatic carbocycles. The highest BCUT2D eigenvalue weighted by atomic mass is 35.5. The number of anilines is 2. The van der Waals surface area contributed by atoms with Crippen LogP contribution in [0.25, 0.3) is 0 Å². The van der Waals surface area contributed by atoms with Gasteiger partial charge in [0.1, 0.15) is 5.82 Å². The summed E-state index contributed by atoms with van der Waals surface area (Å²) in [5, 5.41) is 6.04. The lowest BCUT2D eigenvalue weighted by atomic mass is 10.2. The van der Waals surface area contributed by atoms with Crippen LogP contribution in [0.1, 0.15) is 5.56 Å². The van der Waals surface area contributed by atoms with Gasteiger partial charge < -0.3 is 10.6 Å². The molecule has 0 radical (unpaired) electrons. The minimum Gasteiger partial charge on any atom is -0.325 e. The van der Waals surface area contributed by atoms with E-state index in [4.69, 9.17) is 11.6 Å². The van der Waals surface area contributed by atoms with Gasteiger partial charge in [-0.2, -0.15) is 0 Å². The molecule has 2 aromatic rings. The Hall–Kier alpha value is -2.48. The van der Waals surface area contributed by atoms with Gasteiger partial charge in [0.05, 0.1) is 23.8 Å². The highest BCUT2D eigenvalue weighted by Gasteiger charge is 2.21. The van der Waals surface area contributed by atoms with Gasteiger partial charge in [-0.1, -0.05) is 29.8 Å². The maximum atomic E-state index is 13.6. The van der Waals surface area contributed by atoms with Crippen LogP contribution in [0.5, 0.6) is 0 Å². The second-order valence-electron chi connectivity index (χ2n) is 7.09. The molecule has 2 amide bonds. The van der Waals surface area contributed by atoms with Crippen LogP contribution in [-0.2, 0) is 9.59 Å². The average Bonchev–Trinajstić information content (AvgIpc) is 2.68. The molecule has 0 unspecified atom stereocenters. The quantitative estimate of drug-likeness (QED) is 0.757. The number of amides is 2. The van der Waals surface area contributed by atoms with E-state index in [1.165, 1.54) is 6.07 Å². The molecule has 0 aromatic heterocycles. The van der Waals surface area contributed by atoms with E-state index < -0.39 is 0 Å². The summed E-state index contributed by atoms with van der Waals surface area (Å²) >= 11 is 6.06. The Morgan fingerprint density at radius 3 is 2.14 bits per heavy atom. The Morgan fingerprint density at radius 1 is 0.966 bits per heavy atom. The van der Waals surface area contributed by atoms with Gasteiger partial charge in [-0.05, 0) is 36.8 Å². The topological polar surface area (TPSA) is 64.7 Å². The zero-order chi connectivity index (χ0) is 20.8. The lowest BCUT2D eigenvalue weighted by Gasteiger charge is -2.33. The minimum absolute atomic E-state index is 0.120. The lowest BCUT2D eigenvalue weighted by Crippen LogP contribution is -2.50. The molecule has 1 aliphatic heterocycles. The molecule has 0 saturated carbocycles. The molecule has 2 aromatic carbocycles. The Bertz CT molecular complexity index is 885. The Morgan fingerprint density at radius 2 is 1.55 bits per heavy atom. The van der Waals surface area contributed by atoms with E-state index in [0.717, 1.165) is 0 Å². The zero-order valence-electron chi connectivity index (χ0n) is 16.3. The first kappa shape index (κ1) is 21.2. The molecule has 3 rings (SSSR count). The number of hydrogen-bond donors (Lipinski definition) is 2. The van der Waals surface area contributed by atoms with Crippen molar-refractivity contribution in [3.05, 3.63) is 58.9 Å². The molecule has 1 aliphatic rings. The van der Waals surface area contributed by atoms with Gasteiger partial charge in [0.15, 0.2) is 0 Å². The van der Waals surface area contributed by atoms with Crippen molar-refractivity contribution in [1.82, 2.24) is 9.80 Å². The summed E-state index contributed by atoms with van der Waals surface area (Å²) in [7, 11) is 0.